The number of hydrogen-bond donors (Lipinski definition) is 2. The number of nitrogens with zero attached hydrogens (tertiary/aromatic N) is 2. The van der Waals surface area contributed by atoms with Gasteiger partial charge in [0.1, 0.15) is 0 Å². The predicted molar refractivity (Wildman–Crippen MR) is 119 cm³/mol. The van der Waals surface area contributed by atoms with Crippen molar-refractivity contribution in [2.24, 2.45) is 16.3 Å². The molecular formula is C20H39IN4O. The molecule has 152 valence electrons. The molecule has 3 atom stereocenters. The second-order valence-electron chi connectivity index (χ2n) is 9.33. The predicted octanol–water partition coefficient (Wildman–Crippen LogP) is 3.24. The van der Waals surface area contributed by atoms with Crippen LogP contribution in [0.5, 0.6) is 0 Å². The molecule has 6 heteroatoms. The van der Waals surface area contributed by atoms with Crippen molar-refractivity contribution in [3.05, 3.63) is 0 Å². The number of aliphatic imine (C=N–C) groups is 1. The monoisotopic (exact) mass is 478 g/mol. The van der Waals surface area contributed by atoms with Crippen molar-refractivity contribution >= 4 is 29.9 Å². The fourth-order valence-corrected chi connectivity index (χ4v) is 5.07. The molecule has 0 aromatic carbocycles. The van der Waals surface area contributed by atoms with Gasteiger partial charge in [-0.25, -0.2) is 0 Å². The van der Waals surface area contributed by atoms with Crippen molar-refractivity contribution in [1.29, 1.82) is 0 Å². The van der Waals surface area contributed by atoms with Crippen LogP contribution in [0.1, 0.15) is 59.8 Å². The van der Waals surface area contributed by atoms with Crippen molar-refractivity contribution in [2.45, 2.75) is 77.5 Å². The summed E-state index contributed by atoms with van der Waals surface area (Å²) in [4.78, 5) is 7.12. The van der Waals surface area contributed by atoms with Crippen LogP contribution in [0, 0.1) is 11.3 Å². The first-order valence-electron chi connectivity index (χ1n) is 10.2. The van der Waals surface area contributed by atoms with Crippen LogP contribution in [0.15, 0.2) is 4.99 Å². The molecule has 3 rings (SSSR count). The van der Waals surface area contributed by atoms with E-state index in [1.54, 1.807) is 0 Å². The molecule has 0 spiro atoms. The highest BCUT2D eigenvalue weighted by Crippen LogP contribution is 2.51. The van der Waals surface area contributed by atoms with Gasteiger partial charge in [0.2, 0.25) is 0 Å². The lowest BCUT2D eigenvalue weighted by molar-refractivity contribution is -0.188. The lowest BCUT2D eigenvalue weighted by atomic mass is 9.55. The first-order valence-corrected chi connectivity index (χ1v) is 10.2. The van der Waals surface area contributed by atoms with E-state index in [0.29, 0.717) is 18.1 Å². The summed E-state index contributed by atoms with van der Waals surface area (Å²) in [6.45, 7) is 13.6. The molecule has 1 saturated carbocycles. The van der Waals surface area contributed by atoms with Crippen molar-refractivity contribution < 1.29 is 4.74 Å². The fourth-order valence-electron chi connectivity index (χ4n) is 5.07. The van der Waals surface area contributed by atoms with Crippen molar-refractivity contribution in [3.63, 3.8) is 0 Å². The Kier molecular flexibility index (Phi) is 7.64. The summed E-state index contributed by atoms with van der Waals surface area (Å²) < 4.78 is 6.02. The van der Waals surface area contributed by atoms with Gasteiger partial charge in [-0.05, 0) is 52.6 Å². The van der Waals surface area contributed by atoms with E-state index in [9.17, 15) is 0 Å². The van der Waals surface area contributed by atoms with Crippen LogP contribution in [0.4, 0.5) is 0 Å². The van der Waals surface area contributed by atoms with E-state index in [0.717, 1.165) is 19.1 Å². The Bertz CT molecular complexity index is 488. The molecular weight excluding hydrogens is 439 g/mol. The molecule has 0 aromatic rings. The van der Waals surface area contributed by atoms with Gasteiger partial charge in [0.15, 0.2) is 5.96 Å². The van der Waals surface area contributed by atoms with E-state index in [4.69, 9.17) is 4.74 Å². The van der Waals surface area contributed by atoms with Gasteiger partial charge in [0.25, 0.3) is 0 Å². The van der Waals surface area contributed by atoms with Crippen LogP contribution in [-0.4, -0.2) is 61.8 Å². The highest BCUT2D eigenvalue weighted by Gasteiger charge is 2.58. The molecule has 1 aliphatic carbocycles. The fraction of sp³-hybridized carbons (Fsp3) is 0.950. The molecule has 2 heterocycles. The molecule has 2 N–H and O–H groups in total. The standard InChI is InChI=1S/C20H38N4O.HI/c1-19(2,24-11-7-6-8-12-24)14-22-18(21-5)23-16-15-10-9-13-25-17(15)20(16,3)4;/h15-17H,6-14H2,1-5H3,(H2,21,22,23);1H. The number of rotatable bonds is 4. The molecule has 3 unspecified atom stereocenters. The number of likely N-dealkylation sites (tertiary alicyclic amines) is 1. The molecule has 0 radical (unpaired) electrons. The minimum Gasteiger partial charge on any atom is -0.377 e. The second-order valence-corrected chi connectivity index (χ2v) is 9.33. The normalized spacial score (nSPS) is 32.0. The van der Waals surface area contributed by atoms with Gasteiger partial charge in [-0.3, -0.25) is 9.89 Å². The Labute approximate surface area is 177 Å². The van der Waals surface area contributed by atoms with E-state index >= 15 is 0 Å². The second kappa shape index (κ2) is 8.95. The summed E-state index contributed by atoms with van der Waals surface area (Å²) in [6, 6.07) is 0.446. The first kappa shape index (κ1) is 22.2. The number of halogens is 1. The minimum atomic E-state index is 0. The smallest absolute Gasteiger partial charge is 0.191 e. The lowest BCUT2D eigenvalue weighted by Gasteiger charge is -2.60. The van der Waals surface area contributed by atoms with Gasteiger partial charge < -0.3 is 15.4 Å². The average Bonchev–Trinajstić information content (AvgIpc) is 2.62. The number of fused-ring (bicyclic) bond motifs is 1. The van der Waals surface area contributed by atoms with E-state index in [2.05, 4.69) is 48.2 Å². The summed E-state index contributed by atoms with van der Waals surface area (Å²) in [5.41, 5.74) is 0.328. The van der Waals surface area contributed by atoms with Gasteiger partial charge >= 0.3 is 0 Å². The maximum absolute atomic E-state index is 6.02. The molecule has 0 aromatic heterocycles. The molecule has 2 saturated heterocycles. The topological polar surface area (TPSA) is 48.9 Å². The van der Waals surface area contributed by atoms with Crippen LogP contribution < -0.4 is 10.6 Å². The third-order valence-electron chi connectivity index (χ3n) is 6.75. The number of hydrogen-bond acceptors (Lipinski definition) is 3. The summed E-state index contributed by atoms with van der Waals surface area (Å²) in [5.74, 6) is 1.56. The third kappa shape index (κ3) is 4.49. The minimum absolute atomic E-state index is 0. The van der Waals surface area contributed by atoms with Gasteiger partial charge in [-0.1, -0.05) is 20.3 Å². The zero-order valence-electron chi connectivity index (χ0n) is 17.3. The molecule has 3 fully saturated rings. The third-order valence-corrected chi connectivity index (χ3v) is 6.75. The van der Waals surface area contributed by atoms with Crippen LogP contribution in [0.3, 0.4) is 0 Å². The maximum atomic E-state index is 6.02. The van der Waals surface area contributed by atoms with Crippen molar-refractivity contribution in [3.8, 4) is 0 Å². The number of guanidine groups is 1. The molecule has 0 amide bonds. The Hall–Kier alpha value is -0.0800. The largest absolute Gasteiger partial charge is 0.377 e. The van der Waals surface area contributed by atoms with E-state index < -0.39 is 0 Å². The summed E-state index contributed by atoms with van der Waals surface area (Å²) in [6.07, 6.45) is 6.89. The Morgan fingerprint density at radius 1 is 1.19 bits per heavy atom. The Balaban J connectivity index is 0.00000243. The molecule has 26 heavy (non-hydrogen) atoms. The lowest BCUT2D eigenvalue weighted by Crippen LogP contribution is -2.71. The summed E-state index contributed by atoms with van der Waals surface area (Å²) in [5, 5.41) is 7.30. The quantitative estimate of drug-likeness (QED) is 0.370. The first-order chi connectivity index (χ1) is 11.9. The van der Waals surface area contributed by atoms with Gasteiger partial charge in [0.05, 0.1) is 6.10 Å². The van der Waals surface area contributed by atoms with Crippen LogP contribution >= 0.6 is 24.0 Å². The van der Waals surface area contributed by atoms with Crippen LogP contribution in [-0.2, 0) is 4.74 Å². The van der Waals surface area contributed by atoms with Gasteiger partial charge in [-0.2, -0.15) is 0 Å². The molecule has 2 aliphatic heterocycles. The number of nitrogens with one attached hydrogen (secondary N) is 2. The highest BCUT2D eigenvalue weighted by molar-refractivity contribution is 14.0. The Morgan fingerprint density at radius 3 is 2.54 bits per heavy atom. The molecule has 3 aliphatic rings. The van der Waals surface area contributed by atoms with Crippen LogP contribution in [0.2, 0.25) is 0 Å². The number of ether oxygens (including phenoxy) is 1. The molecule has 5 nitrogen and oxygen atoms in total. The molecule has 0 bridgehead atoms. The van der Waals surface area contributed by atoms with Gasteiger partial charge in [0, 0.05) is 43.1 Å². The highest BCUT2D eigenvalue weighted by atomic mass is 127. The van der Waals surface area contributed by atoms with Crippen LogP contribution in [0.25, 0.3) is 0 Å². The Morgan fingerprint density at radius 2 is 1.88 bits per heavy atom. The zero-order valence-corrected chi connectivity index (χ0v) is 19.6. The zero-order chi connectivity index (χ0) is 18.1. The van der Waals surface area contributed by atoms with E-state index in [1.165, 1.54) is 45.2 Å². The number of piperidine rings is 1. The average molecular weight is 478 g/mol. The van der Waals surface area contributed by atoms with E-state index in [-0.39, 0.29) is 34.9 Å². The maximum Gasteiger partial charge on any atom is 0.191 e. The van der Waals surface area contributed by atoms with Crippen molar-refractivity contribution in [2.75, 3.05) is 33.3 Å². The SMILES string of the molecule is CN=C(NCC(C)(C)N1CCCCC1)NC1C2CCCOC2C1(C)C.I. The van der Waals surface area contributed by atoms with Crippen molar-refractivity contribution in [1.82, 2.24) is 15.5 Å². The summed E-state index contributed by atoms with van der Waals surface area (Å²) in [7, 11) is 1.88. The van der Waals surface area contributed by atoms with Gasteiger partial charge in [-0.15, -0.1) is 24.0 Å². The van der Waals surface area contributed by atoms with E-state index in [1.807, 2.05) is 7.05 Å². The summed E-state index contributed by atoms with van der Waals surface area (Å²) >= 11 is 0.